The molecule has 2 rings (SSSR count). The Morgan fingerprint density at radius 1 is 1.21 bits per heavy atom. The molecule has 1 fully saturated rings. The van der Waals surface area contributed by atoms with E-state index in [2.05, 4.69) is 10.1 Å². The number of methoxy groups -OCH3 is 1. The average Bonchev–Trinajstić information content (AvgIpc) is 3.09. The van der Waals surface area contributed by atoms with E-state index in [0.717, 1.165) is 5.56 Å². The van der Waals surface area contributed by atoms with E-state index in [1.807, 2.05) is 0 Å². The van der Waals surface area contributed by atoms with E-state index in [0.29, 0.717) is 12.0 Å². The van der Waals surface area contributed by atoms with E-state index in [4.69, 9.17) is 27.9 Å². The van der Waals surface area contributed by atoms with Crippen LogP contribution < -0.4 is 5.32 Å². The lowest BCUT2D eigenvalue weighted by molar-refractivity contribution is -0.153. The number of hydrogen-bond donors (Lipinski definition) is 1. The standard InChI is InChI=1S/C16H17Cl2NO5/c1-15(9-16(15,17)18)14(22)24-8-12(20)19-7-10-3-5-11(6-4-10)13(21)23-2/h3-6H,7-9H2,1-2H3,(H,19,20)/t15-/m1/s1. The summed E-state index contributed by atoms with van der Waals surface area (Å²) in [6.45, 7) is 1.43. The minimum absolute atomic E-state index is 0.240. The van der Waals surface area contributed by atoms with Gasteiger partial charge in [-0.2, -0.15) is 0 Å². The van der Waals surface area contributed by atoms with Gasteiger partial charge in [-0.1, -0.05) is 12.1 Å². The molecule has 0 bridgehead atoms. The second kappa shape index (κ2) is 6.99. The third kappa shape index (κ3) is 3.99. The SMILES string of the molecule is COC(=O)c1ccc(CNC(=O)COC(=O)[C@@]2(C)CC2(Cl)Cl)cc1. The van der Waals surface area contributed by atoms with Crippen LogP contribution in [-0.2, 0) is 25.6 Å². The quantitative estimate of drug-likeness (QED) is 0.610. The van der Waals surface area contributed by atoms with Crippen LogP contribution in [0.5, 0.6) is 0 Å². The number of carbonyl (C=O) groups excluding carboxylic acids is 3. The van der Waals surface area contributed by atoms with Crippen LogP contribution >= 0.6 is 23.2 Å². The topological polar surface area (TPSA) is 81.7 Å². The highest BCUT2D eigenvalue weighted by Gasteiger charge is 2.69. The third-order valence-electron chi connectivity index (χ3n) is 3.91. The van der Waals surface area contributed by atoms with Crippen molar-refractivity contribution in [1.29, 1.82) is 0 Å². The molecule has 0 spiro atoms. The van der Waals surface area contributed by atoms with Gasteiger partial charge in [-0.15, -0.1) is 23.2 Å². The molecule has 0 aromatic heterocycles. The van der Waals surface area contributed by atoms with Crippen LogP contribution in [0.15, 0.2) is 24.3 Å². The first-order valence-corrected chi connectivity index (χ1v) is 7.94. The molecule has 1 atom stereocenters. The summed E-state index contributed by atoms with van der Waals surface area (Å²) in [6.07, 6.45) is 0.302. The molecule has 0 unspecified atom stereocenters. The van der Waals surface area contributed by atoms with Crippen molar-refractivity contribution >= 4 is 41.0 Å². The summed E-state index contributed by atoms with van der Waals surface area (Å²) in [5.41, 5.74) is 0.252. The Labute approximate surface area is 149 Å². The molecule has 24 heavy (non-hydrogen) atoms. The summed E-state index contributed by atoms with van der Waals surface area (Å²) in [5, 5.41) is 2.61. The summed E-state index contributed by atoms with van der Waals surface area (Å²) < 4.78 is 8.42. The minimum Gasteiger partial charge on any atom is -0.465 e. The van der Waals surface area contributed by atoms with Crippen LogP contribution in [0.1, 0.15) is 29.3 Å². The van der Waals surface area contributed by atoms with E-state index < -0.39 is 34.2 Å². The maximum Gasteiger partial charge on any atom is 0.337 e. The molecule has 8 heteroatoms. The Bertz CT molecular complexity index is 659. The summed E-state index contributed by atoms with van der Waals surface area (Å²) in [7, 11) is 1.30. The molecule has 1 amide bonds. The van der Waals surface area contributed by atoms with E-state index in [1.165, 1.54) is 7.11 Å². The van der Waals surface area contributed by atoms with Crippen LogP contribution in [0.25, 0.3) is 0 Å². The molecule has 0 saturated heterocycles. The molecule has 1 saturated carbocycles. The number of carbonyl (C=O) groups is 3. The fourth-order valence-corrected chi connectivity index (χ4v) is 2.73. The predicted octanol–water partition coefficient (Wildman–Crippen LogP) is 2.22. The van der Waals surface area contributed by atoms with Gasteiger partial charge in [0, 0.05) is 13.0 Å². The number of ether oxygens (including phenoxy) is 2. The molecular weight excluding hydrogens is 357 g/mol. The zero-order valence-corrected chi connectivity index (χ0v) is 14.7. The lowest BCUT2D eigenvalue weighted by Gasteiger charge is -2.12. The summed E-state index contributed by atoms with van der Waals surface area (Å²) in [5.74, 6) is -1.47. The van der Waals surface area contributed by atoms with Crippen molar-refractivity contribution in [3.05, 3.63) is 35.4 Å². The van der Waals surface area contributed by atoms with Gasteiger partial charge in [0.05, 0.1) is 12.7 Å². The number of rotatable bonds is 6. The largest absolute Gasteiger partial charge is 0.465 e. The molecule has 6 nitrogen and oxygen atoms in total. The Hall–Kier alpha value is -1.79. The highest BCUT2D eigenvalue weighted by Crippen LogP contribution is 2.64. The van der Waals surface area contributed by atoms with Crippen molar-refractivity contribution in [3.8, 4) is 0 Å². The van der Waals surface area contributed by atoms with Crippen LogP contribution in [0.2, 0.25) is 0 Å². The fraction of sp³-hybridized carbons (Fsp3) is 0.438. The Balaban J connectivity index is 1.75. The van der Waals surface area contributed by atoms with Gasteiger partial charge in [0.25, 0.3) is 5.91 Å². The summed E-state index contributed by atoms with van der Waals surface area (Å²) in [4.78, 5) is 34.9. The lowest BCUT2D eigenvalue weighted by atomic mass is 10.1. The molecular formula is C16H17Cl2NO5. The predicted molar refractivity (Wildman–Crippen MR) is 87.7 cm³/mol. The van der Waals surface area contributed by atoms with Crippen molar-refractivity contribution in [2.45, 2.75) is 24.2 Å². The van der Waals surface area contributed by atoms with Crippen LogP contribution in [0, 0.1) is 5.41 Å². The molecule has 1 aromatic carbocycles. The van der Waals surface area contributed by atoms with Gasteiger partial charge in [0.15, 0.2) is 6.61 Å². The van der Waals surface area contributed by atoms with Gasteiger partial charge in [-0.25, -0.2) is 4.79 Å². The minimum atomic E-state index is -1.12. The van der Waals surface area contributed by atoms with E-state index in [1.54, 1.807) is 31.2 Å². The molecule has 130 valence electrons. The molecule has 1 N–H and O–H groups in total. The zero-order chi connectivity index (χ0) is 18.0. The number of alkyl halides is 2. The maximum absolute atomic E-state index is 11.8. The summed E-state index contributed by atoms with van der Waals surface area (Å²) >= 11 is 11.8. The Morgan fingerprint density at radius 3 is 2.29 bits per heavy atom. The number of halogens is 2. The van der Waals surface area contributed by atoms with Crippen LogP contribution in [-0.4, -0.2) is 35.9 Å². The Kier molecular flexibility index (Phi) is 5.40. The second-order valence-corrected chi connectivity index (χ2v) is 7.24. The van der Waals surface area contributed by atoms with Gasteiger partial charge >= 0.3 is 11.9 Å². The number of esters is 2. The van der Waals surface area contributed by atoms with Crippen LogP contribution in [0.4, 0.5) is 0 Å². The highest BCUT2D eigenvalue weighted by atomic mass is 35.5. The first-order valence-electron chi connectivity index (χ1n) is 7.18. The first-order chi connectivity index (χ1) is 11.2. The highest BCUT2D eigenvalue weighted by molar-refractivity contribution is 6.53. The smallest absolute Gasteiger partial charge is 0.337 e. The van der Waals surface area contributed by atoms with Crippen LogP contribution in [0.3, 0.4) is 0 Å². The molecule has 1 aromatic rings. The van der Waals surface area contributed by atoms with Gasteiger partial charge in [-0.3, -0.25) is 9.59 Å². The molecule has 1 aliphatic rings. The first kappa shape index (κ1) is 18.5. The number of benzene rings is 1. The molecule has 0 aliphatic heterocycles. The van der Waals surface area contributed by atoms with Crippen molar-refractivity contribution in [1.82, 2.24) is 5.32 Å². The van der Waals surface area contributed by atoms with Crippen molar-refractivity contribution in [2.75, 3.05) is 13.7 Å². The van der Waals surface area contributed by atoms with Gasteiger partial charge in [0.2, 0.25) is 0 Å². The average molecular weight is 374 g/mol. The summed E-state index contributed by atoms with van der Waals surface area (Å²) in [6, 6.07) is 6.59. The van der Waals surface area contributed by atoms with Crippen molar-refractivity contribution in [3.63, 3.8) is 0 Å². The number of nitrogens with one attached hydrogen (secondary N) is 1. The number of amides is 1. The van der Waals surface area contributed by atoms with E-state index >= 15 is 0 Å². The fourth-order valence-electron chi connectivity index (χ4n) is 2.04. The molecule has 0 heterocycles. The van der Waals surface area contributed by atoms with E-state index in [-0.39, 0.29) is 6.54 Å². The lowest BCUT2D eigenvalue weighted by Crippen LogP contribution is -2.31. The van der Waals surface area contributed by atoms with Gasteiger partial charge < -0.3 is 14.8 Å². The zero-order valence-electron chi connectivity index (χ0n) is 13.2. The maximum atomic E-state index is 11.8. The van der Waals surface area contributed by atoms with Crippen molar-refractivity contribution < 1.29 is 23.9 Å². The van der Waals surface area contributed by atoms with Crippen molar-refractivity contribution in [2.24, 2.45) is 5.41 Å². The van der Waals surface area contributed by atoms with E-state index in [9.17, 15) is 14.4 Å². The third-order valence-corrected chi connectivity index (χ3v) is 5.01. The molecule has 1 aliphatic carbocycles. The van der Waals surface area contributed by atoms with Gasteiger partial charge in [0.1, 0.15) is 9.75 Å². The normalized spacial score (nSPS) is 20.8. The molecule has 0 radical (unpaired) electrons. The van der Waals surface area contributed by atoms with Gasteiger partial charge in [-0.05, 0) is 24.6 Å². The number of hydrogen-bond acceptors (Lipinski definition) is 5. The Morgan fingerprint density at radius 2 is 1.79 bits per heavy atom. The second-order valence-electron chi connectivity index (χ2n) is 5.75. The monoisotopic (exact) mass is 373 g/mol.